The maximum absolute atomic E-state index is 12.9. The van der Waals surface area contributed by atoms with E-state index >= 15 is 0 Å². The van der Waals surface area contributed by atoms with Crippen LogP contribution in [-0.2, 0) is 14.8 Å². The van der Waals surface area contributed by atoms with Crippen LogP contribution in [0.15, 0.2) is 42.5 Å². The molecular formula is C18H20ClN3O5S. The van der Waals surface area contributed by atoms with Crippen LogP contribution in [0, 0.1) is 17.0 Å². The number of nitrogens with one attached hydrogen (secondary N) is 1. The monoisotopic (exact) mass is 425 g/mol. The third kappa shape index (κ3) is 4.99. The Morgan fingerprint density at radius 2 is 1.96 bits per heavy atom. The van der Waals surface area contributed by atoms with Gasteiger partial charge in [0.2, 0.25) is 15.9 Å². The molecule has 0 aliphatic carbocycles. The van der Waals surface area contributed by atoms with Crippen LogP contribution in [0.2, 0.25) is 5.02 Å². The topological polar surface area (TPSA) is 110 Å². The molecule has 0 saturated carbocycles. The van der Waals surface area contributed by atoms with Gasteiger partial charge in [-0.3, -0.25) is 19.2 Å². The van der Waals surface area contributed by atoms with Gasteiger partial charge in [-0.1, -0.05) is 30.7 Å². The highest BCUT2D eigenvalue weighted by molar-refractivity contribution is 7.92. The van der Waals surface area contributed by atoms with Crippen molar-refractivity contribution in [2.45, 2.75) is 26.3 Å². The van der Waals surface area contributed by atoms with E-state index in [1.165, 1.54) is 12.1 Å². The third-order valence-electron chi connectivity index (χ3n) is 4.00. The Morgan fingerprint density at radius 3 is 2.50 bits per heavy atom. The molecule has 8 nitrogen and oxygen atoms in total. The molecule has 0 radical (unpaired) electrons. The van der Waals surface area contributed by atoms with Crippen molar-refractivity contribution in [1.29, 1.82) is 0 Å². The average Bonchev–Trinajstić information content (AvgIpc) is 2.59. The Balaban J connectivity index is 2.43. The van der Waals surface area contributed by atoms with E-state index in [1.54, 1.807) is 25.1 Å². The van der Waals surface area contributed by atoms with Crippen LogP contribution in [0.3, 0.4) is 0 Å². The van der Waals surface area contributed by atoms with Crippen LogP contribution in [-0.4, -0.2) is 31.5 Å². The number of anilines is 2. The molecular weight excluding hydrogens is 406 g/mol. The number of carbonyl (C=O) groups is 1. The van der Waals surface area contributed by atoms with Crippen LogP contribution in [0.25, 0.3) is 0 Å². The van der Waals surface area contributed by atoms with E-state index in [0.29, 0.717) is 5.69 Å². The van der Waals surface area contributed by atoms with E-state index in [4.69, 9.17) is 11.6 Å². The van der Waals surface area contributed by atoms with Gasteiger partial charge in [-0.2, -0.15) is 0 Å². The van der Waals surface area contributed by atoms with E-state index in [9.17, 15) is 23.3 Å². The number of sulfonamides is 1. The first kappa shape index (κ1) is 21.6. The zero-order valence-electron chi connectivity index (χ0n) is 15.5. The number of amides is 1. The molecule has 10 heteroatoms. The molecule has 0 unspecified atom stereocenters. The molecule has 2 aromatic carbocycles. The number of non-ortho nitro benzene ring substituents is 1. The number of nitro groups is 1. The SMILES string of the molecule is CC[C@H](C(=O)Nc1cc([N+](=O)[O-])ccc1Cl)N(c1cccc(C)c1)S(C)(=O)=O. The Morgan fingerprint density at radius 1 is 1.29 bits per heavy atom. The van der Waals surface area contributed by atoms with Crippen molar-refractivity contribution in [3.8, 4) is 0 Å². The molecule has 0 fully saturated rings. The molecule has 150 valence electrons. The Bertz CT molecular complexity index is 1010. The van der Waals surface area contributed by atoms with E-state index < -0.39 is 26.9 Å². The molecule has 0 aromatic heterocycles. The normalized spacial score (nSPS) is 12.3. The van der Waals surface area contributed by atoms with Gasteiger partial charge in [0.15, 0.2) is 0 Å². The second-order valence-electron chi connectivity index (χ2n) is 6.23. The standard InChI is InChI=1S/C18H20ClN3O5S/c1-4-17(21(28(3,26)27)13-7-5-6-12(2)10-13)18(23)20-16-11-14(22(24)25)8-9-15(16)19/h5-11,17H,4H2,1-3H3,(H,20,23)/t17-/m1/s1. The van der Waals surface area contributed by atoms with Gasteiger partial charge in [-0.15, -0.1) is 0 Å². The molecule has 0 saturated heterocycles. The zero-order chi connectivity index (χ0) is 21.1. The summed E-state index contributed by atoms with van der Waals surface area (Å²) in [4.78, 5) is 23.2. The van der Waals surface area contributed by atoms with Gasteiger partial charge in [0, 0.05) is 12.1 Å². The quantitative estimate of drug-likeness (QED) is 0.536. The van der Waals surface area contributed by atoms with Crippen molar-refractivity contribution < 1.29 is 18.1 Å². The first-order valence-electron chi connectivity index (χ1n) is 8.35. The van der Waals surface area contributed by atoms with Crippen LogP contribution >= 0.6 is 11.6 Å². The first-order valence-corrected chi connectivity index (χ1v) is 10.6. The fourth-order valence-corrected chi connectivity index (χ4v) is 4.13. The minimum atomic E-state index is -3.78. The van der Waals surface area contributed by atoms with Gasteiger partial charge < -0.3 is 5.32 Å². The molecule has 1 N–H and O–H groups in total. The summed E-state index contributed by atoms with van der Waals surface area (Å²) in [6.45, 7) is 3.49. The highest BCUT2D eigenvalue weighted by Crippen LogP contribution is 2.28. The fourth-order valence-electron chi connectivity index (χ4n) is 2.76. The molecule has 1 atom stereocenters. The number of nitrogens with zero attached hydrogens (tertiary/aromatic N) is 2. The molecule has 0 spiro atoms. The maximum Gasteiger partial charge on any atom is 0.271 e. The highest BCUT2D eigenvalue weighted by Gasteiger charge is 2.32. The summed E-state index contributed by atoms with van der Waals surface area (Å²) in [5.41, 5.74) is 0.987. The predicted octanol–water partition coefficient (Wildman–Crippen LogP) is 3.74. The molecule has 0 bridgehead atoms. The van der Waals surface area contributed by atoms with E-state index in [1.807, 2.05) is 13.0 Å². The summed E-state index contributed by atoms with van der Waals surface area (Å²) >= 11 is 6.03. The van der Waals surface area contributed by atoms with Crippen LogP contribution < -0.4 is 9.62 Å². The largest absolute Gasteiger partial charge is 0.323 e. The second kappa shape index (κ2) is 8.57. The van der Waals surface area contributed by atoms with Gasteiger partial charge in [0.25, 0.3) is 5.69 Å². The van der Waals surface area contributed by atoms with Crippen molar-refractivity contribution in [2.75, 3.05) is 15.9 Å². The van der Waals surface area contributed by atoms with Gasteiger partial charge in [-0.05, 0) is 37.1 Å². The van der Waals surface area contributed by atoms with Gasteiger partial charge >= 0.3 is 0 Å². The lowest BCUT2D eigenvalue weighted by Gasteiger charge is -2.30. The molecule has 2 aromatic rings. The summed E-state index contributed by atoms with van der Waals surface area (Å²) < 4.78 is 25.9. The minimum absolute atomic E-state index is 0.0389. The van der Waals surface area contributed by atoms with Crippen LogP contribution in [0.1, 0.15) is 18.9 Å². The number of carbonyl (C=O) groups excluding carboxylic acids is 1. The summed E-state index contributed by atoms with van der Waals surface area (Å²) in [6, 6.07) is 9.35. The Labute approximate surface area is 168 Å². The predicted molar refractivity (Wildman–Crippen MR) is 109 cm³/mol. The molecule has 28 heavy (non-hydrogen) atoms. The number of halogens is 1. The number of rotatable bonds is 7. The van der Waals surface area contributed by atoms with Crippen LogP contribution in [0.5, 0.6) is 0 Å². The minimum Gasteiger partial charge on any atom is -0.323 e. The number of hydrogen-bond donors (Lipinski definition) is 1. The number of nitro benzene ring substituents is 1. The summed E-state index contributed by atoms with van der Waals surface area (Å²) in [7, 11) is -3.78. The first-order chi connectivity index (χ1) is 13.0. The van der Waals surface area contributed by atoms with E-state index in [-0.39, 0.29) is 22.8 Å². The summed E-state index contributed by atoms with van der Waals surface area (Å²) in [6.07, 6.45) is 1.20. The molecule has 0 heterocycles. The Hall–Kier alpha value is -2.65. The number of benzene rings is 2. The maximum atomic E-state index is 12.9. The Kier molecular flexibility index (Phi) is 6.63. The van der Waals surface area contributed by atoms with Crippen molar-refractivity contribution >= 4 is 44.6 Å². The number of hydrogen-bond acceptors (Lipinski definition) is 5. The lowest BCUT2D eigenvalue weighted by Crippen LogP contribution is -2.47. The van der Waals surface area contributed by atoms with Gasteiger partial charge in [0.1, 0.15) is 6.04 Å². The third-order valence-corrected chi connectivity index (χ3v) is 5.51. The van der Waals surface area contributed by atoms with Crippen molar-refractivity contribution in [3.63, 3.8) is 0 Å². The second-order valence-corrected chi connectivity index (χ2v) is 8.50. The number of aryl methyl sites for hydroxylation is 1. The molecule has 0 aliphatic rings. The van der Waals surface area contributed by atoms with Gasteiger partial charge in [0.05, 0.1) is 27.6 Å². The van der Waals surface area contributed by atoms with E-state index in [0.717, 1.165) is 22.2 Å². The van der Waals surface area contributed by atoms with Crippen molar-refractivity contribution in [1.82, 2.24) is 0 Å². The van der Waals surface area contributed by atoms with Crippen molar-refractivity contribution in [2.24, 2.45) is 0 Å². The average molecular weight is 426 g/mol. The highest BCUT2D eigenvalue weighted by atomic mass is 35.5. The molecule has 0 aliphatic heterocycles. The van der Waals surface area contributed by atoms with Crippen LogP contribution in [0.4, 0.5) is 17.1 Å². The lowest BCUT2D eigenvalue weighted by atomic mass is 10.1. The summed E-state index contributed by atoms with van der Waals surface area (Å²) in [5.74, 6) is -0.642. The fraction of sp³-hybridized carbons (Fsp3) is 0.278. The van der Waals surface area contributed by atoms with Gasteiger partial charge in [-0.25, -0.2) is 8.42 Å². The molecule has 2 rings (SSSR count). The lowest BCUT2D eigenvalue weighted by molar-refractivity contribution is -0.384. The zero-order valence-corrected chi connectivity index (χ0v) is 17.1. The van der Waals surface area contributed by atoms with Crippen molar-refractivity contribution in [3.05, 3.63) is 63.2 Å². The van der Waals surface area contributed by atoms with E-state index in [2.05, 4.69) is 5.32 Å². The molecule has 1 amide bonds. The summed E-state index contributed by atoms with van der Waals surface area (Å²) in [5, 5.41) is 13.6. The smallest absolute Gasteiger partial charge is 0.271 e.